The summed E-state index contributed by atoms with van der Waals surface area (Å²) in [6, 6.07) is 8.00. The monoisotopic (exact) mass is 308 g/mol. The van der Waals surface area contributed by atoms with Crippen LogP contribution in [0.1, 0.15) is 17.8 Å². The van der Waals surface area contributed by atoms with Crippen molar-refractivity contribution in [3.05, 3.63) is 102 Å². The van der Waals surface area contributed by atoms with Crippen LogP contribution in [-0.4, -0.2) is 9.97 Å². The van der Waals surface area contributed by atoms with Crippen LogP contribution in [0, 0.1) is 0 Å². The first-order valence-electron chi connectivity index (χ1n) is 8.02. The fraction of sp³-hybridized carbons (Fsp3) is 0.0455. The molecule has 1 aromatic heterocycles. The van der Waals surface area contributed by atoms with Crippen LogP contribution in [0.2, 0.25) is 0 Å². The van der Waals surface area contributed by atoms with E-state index in [0.29, 0.717) is 0 Å². The van der Waals surface area contributed by atoms with Gasteiger partial charge in [0, 0.05) is 11.1 Å². The third kappa shape index (κ3) is 2.83. The molecule has 0 saturated carbocycles. The van der Waals surface area contributed by atoms with E-state index in [1.807, 2.05) is 48.6 Å². The molecule has 1 heterocycles. The van der Waals surface area contributed by atoms with Gasteiger partial charge in [-0.15, -0.1) is 5.73 Å². The SMILES string of the molecule is C1=CC=CC(c2nc3ccccc3nc2C2=CC=CCC=C2)=CC=1. The molecule has 2 aromatic rings. The highest BCUT2D eigenvalue weighted by molar-refractivity contribution is 5.89. The van der Waals surface area contributed by atoms with E-state index >= 15 is 0 Å². The highest BCUT2D eigenvalue weighted by Gasteiger charge is 2.14. The molecule has 24 heavy (non-hydrogen) atoms. The fourth-order valence-electron chi connectivity index (χ4n) is 2.75. The number of nitrogens with zero attached hydrogens (tertiary/aromatic N) is 2. The first-order valence-corrected chi connectivity index (χ1v) is 8.02. The summed E-state index contributed by atoms with van der Waals surface area (Å²) in [5.41, 5.74) is 8.81. The Morgan fingerprint density at radius 3 is 2.29 bits per heavy atom. The molecule has 0 radical (unpaired) electrons. The van der Waals surface area contributed by atoms with Crippen molar-refractivity contribution in [2.75, 3.05) is 0 Å². The predicted molar refractivity (Wildman–Crippen MR) is 100 cm³/mol. The molecule has 0 atom stereocenters. The Balaban J connectivity index is 1.97. The molecule has 0 bridgehead atoms. The van der Waals surface area contributed by atoms with Crippen molar-refractivity contribution < 1.29 is 0 Å². The highest BCUT2D eigenvalue weighted by atomic mass is 14.8. The molecule has 2 heteroatoms. The maximum atomic E-state index is 4.91. The number of allylic oxidation sites excluding steroid dienone is 11. The Labute approximate surface area is 141 Å². The zero-order chi connectivity index (χ0) is 16.2. The van der Waals surface area contributed by atoms with Gasteiger partial charge in [0.2, 0.25) is 0 Å². The summed E-state index contributed by atoms with van der Waals surface area (Å²) in [5, 5.41) is 0. The van der Waals surface area contributed by atoms with E-state index in [4.69, 9.17) is 9.97 Å². The Kier molecular flexibility index (Phi) is 3.89. The van der Waals surface area contributed by atoms with Gasteiger partial charge in [0.15, 0.2) is 0 Å². The predicted octanol–water partition coefficient (Wildman–Crippen LogP) is 5.19. The number of hydrogen-bond donors (Lipinski definition) is 0. The van der Waals surface area contributed by atoms with Crippen LogP contribution in [0.5, 0.6) is 0 Å². The van der Waals surface area contributed by atoms with Crippen molar-refractivity contribution in [1.29, 1.82) is 0 Å². The van der Waals surface area contributed by atoms with Gasteiger partial charge in [0.25, 0.3) is 0 Å². The number of para-hydroxylation sites is 2. The minimum atomic E-state index is 0.893. The number of benzene rings is 1. The van der Waals surface area contributed by atoms with Gasteiger partial charge in [0.05, 0.1) is 22.4 Å². The van der Waals surface area contributed by atoms with E-state index in [2.05, 4.69) is 42.2 Å². The molecule has 0 N–H and O–H groups in total. The van der Waals surface area contributed by atoms with E-state index in [1.54, 1.807) is 0 Å². The Morgan fingerprint density at radius 2 is 1.50 bits per heavy atom. The summed E-state index contributed by atoms with van der Waals surface area (Å²) in [6.45, 7) is 0. The lowest BCUT2D eigenvalue weighted by molar-refractivity contribution is 1.22. The molecule has 1 aromatic carbocycles. The standard InChI is InChI=1S/C22H16N2/c1-2-6-12-17(11-5-1)21-22(18-13-7-3-4-8-14-18)24-20-16-10-9-15-19(20)23-21/h1,3,5-16H,2H2. The molecule has 2 aliphatic rings. The van der Waals surface area contributed by atoms with Gasteiger partial charge in [-0.3, -0.25) is 0 Å². The van der Waals surface area contributed by atoms with Crippen LogP contribution in [0.3, 0.4) is 0 Å². The van der Waals surface area contributed by atoms with Gasteiger partial charge < -0.3 is 0 Å². The molecule has 4 rings (SSSR count). The van der Waals surface area contributed by atoms with Gasteiger partial charge in [-0.2, -0.15) is 0 Å². The van der Waals surface area contributed by atoms with E-state index in [0.717, 1.165) is 40.0 Å². The Morgan fingerprint density at radius 1 is 0.750 bits per heavy atom. The second-order valence-corrected chi connectivity index (χ2v) is 5.58. The molecule has 0 aliphatic heterocycles. The minimum Gasteiger partial charge on any atom is -0.244 e. The average molecular weight is 308 g/mol. The largest absolute Gasteiger partial charge is 0.244 e. The van der Waals surface area contributed by atoms with Gasteiger partial charge in [-0.25, -0.2) is 9.97 Å². The minimum absolute atomic E-state index is 0.893. The summed E-state index contributed by atoms with van der Waals surface area (Å²) in [4.78, 5) is 9.81. The quantitative estimate of drug-likeness (QED) is 0.713. The second kappa shape index (κ2) is 6.49. The zero-order valence-electron chi connectivity index (χ0n) is 13.2. The normalized spacial score (nSPS) is 16.0. The topological polar surface area (TPSA) is 25.8 Å². The summed E-state index contributed by atoms with van der Waals surface area (Å²) < 4.78 is 0. The molecular formula is C22H16N2. The first-order chi connectivity index (χ1) is 11.9. The summed E-state index contributed by atoms with van der Waals surface area (Å²) >= 11 is 0. The van der Waals surface area contributed by atoms with Gasteiger partial charge >= 0.3 is 0 Å². The molecular weight excluding hydrogens is 292 g/mol. The Hall–Kier alpha value is -3.22. The molecule has 114 valence electrons. The van der Waals surface area contributed by atoms with Crippen molar-refractivity contribution in [2.24, 2.45) is 0 Å². The third-order valence-corrected chi connectivity index (χ3v) is 3.93. The average Bonchev–Trinajstić information content (AvgIpc) is 3.06. The molecule has 2 nitrogen and oxygen atoms in total. The van der Waals surface area contributed by atoms with Crippen LogP contribution in [0.4, 0.5) is 0 Å². The van der Waals surface area contributed by atoms with Gasteiger partial charge in [0.1, 0.15) is 0 Å². The fourth-order valence-corrected chi connectivity index (χ4v) is 2.75. The summed E-state index contributed by atoms with van der Waals surface area (Å²) in [7, 11) is 0. The molecule has 0 saturated heterocycles. The molecule has 0 unspecified atom stereocenters. The number of hydrogen-bond acceptors (Lipinski definition) is 2. The van der Waals surface area contributed by atoms with Crippen LogP contribution in [-0.2, 0) is 0 Å². The van der Waals surface area contributed by atoms with E-state index in [1.165, 1.54) is 0 Å². The van der Waals surface area contributed by atoms with Crippen molar-refractivity contribution in [2.45, 2.75) is 6.42 Å². The van der Waals surface area contributed by atoms with Crippen LogP contribution < -0.4 is 0 Å². The van der Waals surface area contributed by atoms with Crippen LogP contribution >= 0.6 is 0 Å². The lowest BCUT2D eigenvalue weighted by Crippen LogP contribution is -2.00. The maximum absolute atomic E-state index is 4.91. The van der Waals surface area contributed by atoms with Gasteiger partial charge in [-0.05, 0) is 36.8 Å². The van der Waals surface area contributed by atoms with Crippen molar-refractivity contribution in [3.8, 4) is 0 Å². The van der Waals surface area contributed by atoms with E-state index < -0.39 is 0 Å². The number of aromatic nitrogens is 2. The lowest BCUT2D eigenvalue weighted by atomic mass is 10.0. The van der Waals surface area contributed by atoms with E-state index in [9.17, 15) is 0 Å². The first kappa shape index (κ1) is 14.4. The van der Waals surface area contributed by atoms with Crippen molar-refractivity contribution in [1.82, 2.24) is 9.97 Å². The third-order valence-electron chi connectivity index (χ3n) is 3.93. The number of fused-ring (bicyclic) bond motifs is 1. The Bertz CT molecular complexity index is 967. The van der Waals surface area contributed by atoms with Crippen LogP contribution in [0.15, 0.2) is 90.8 Å². The molecule has 2 aliphatic carbocycles. The van der Waals surface area contributed by atoms with Crippen LogP contribution in [0.25, 0.3) is 22.2 Å². The molecule has 0 amide bonds. The lowest BCUT2D eigenvalue weighted by Gasteiger charge is -2.11. The molecule has 0 fully saturated rings. The van der Waals surface area contributed by atoms with Crippen molar-refractivity contribution >= 4 is 22.2 Å². The zero-order valence-corrected chi connectivity index (χ0v) is 13.2. The van der Waals surface area contributed by atoms with E-state index in [-0.39, 0.29) is 0 Å². The molecule has 0 spiro atoms. The van der Waals surface area contributed by atoms with Gasteiger partial charge in [-0.1, -0.05) is 54.7 Å². The number of rotatable bonds is 2. The smallest absolute Gasteiger partial charge is 0.0973 e. The summed E-state index contributed by atoms with van der Waals surface area (Å²) in [6.07, 6.45) is 21.4. The highest BCUT2D eigenvalue weighted by Crippen LogP contribution is 2.28. The maximum Gasteiger partial charge on any atom is 0.0973 e. The second-order valence-electron chi connectivity index (χ2n) is 5.58. The summed E-state index contributed by atoms with van der Waals surface area (Å²) in [5.74, 6) is 0. The van der Waals surface area contributed by atoms with Crippen molar-refractivity contribution in [3.63, 3.8) is 0 Å².